The number of aromatic carboxylic acids is 1. The number of carboxylic acids is 1. The second kappa shape index (κ2) is 7.52. The van der Waals surface area contributed by atoms with Crippen molar-refractivity contribution >= 4 is 22.7 Å². The number of carbonyl (C=O) groups is 1. The van der Waals surface area contributed by atoms with E-state index in [4.69, 9.17) is 16.7 Å². The highest BCUT2D eigenvalue weighted by Gasteiger charge is 2.07. The third-order valence-corrected chi connectivity index (χ3v) is 4.98. The molecule has 0 radical (unpaired) electrons. The Bertz CT molecular complexity index is 1210. The fourth-order valence-electron chi connectivity index (χ4n) is 3.38. The first-order valence-electron chi connectivity index (χ1n) is 9.10. The van der Waals surface area contributed by atoms with Crippen molar-refractivity contribution in [2.75, 3.05) is 0 Å². The zero-order chi connectivity index (χ0) is 20.4. The second-order valence-corrected chi connectivity index (χ2v) is 6.81. The van der Waals surface area contributed by atoms with Crippen LogP contribution in [0.4, 0.5) is 0 Å². The van der Waals surface area contributed by atoms with Gasteiger partial charge in [-0.1, -0.05) is 36.4 Å². The van der Waals surface area contributed by atoms with E-state index in [9.17, 15) is 4.79 Å². The molecule has 0 fully saturated rings. The standard InChI is InChI=1S/C23H20N4O2/c24-22(26-25)20-9-10-21-19(13-20)11-12-27(21)14-15-1-3-16(4-2-15)17-5-7-18(8-6-17)23(28)29/h1-13H,14,25H2,(H2,24,26)(H,28,29). The van der Waals surface area contributed by atoms with Crippen molar-refractivity contribution in [1.82, 2.24) is 4.57 Å². The lowest BCUT2D eigenvalue weighted by atomic mass is 10.0. The first kappa shape index (κ1) is 18.3. The summed E-state index contributed by atoms with van der Waals surface area (Å²) in [6.07, 6.45) is 2.04. The fraction of sp³-hybridized carbons (Fsp3) is 0.0435. The van der Waals surface area contributed by atoms with Crippen molar-refractivity contribution in [1.29, 1.82) is 0 Å². The van der Waals surface area contributed by atoms with Crippen LogP contribution in [0, 0.1) is 0 Å². The Hall–Kier alpha value is -4.06. The van der Waals surface area contributed by atoms with Gasteiger partial charge in [-0.25, -0.2) is 4.79 Å². The van der Waals surface area contributed by atoms with Crippen molar-refractivity contribution < 1.29 is 9.90 Å². The van der Waals surface area contributed by atoms with Crippen LogP contribution in [0.2, 0.25) is 0 Å². The maximum absolute atomic E-state index is 11.0. The molecule has 0 saturated heterocycles. The van der Waals surface area contributed by atoms with Gasteiger partial charge in [0.15, 0.2) is 0 Å². The van der Waals surface area contributed by atoms with E-state index >= 15 is 0 Å². The number of amidine groups is 1. The Balaban J connectivity index is 1.55. The number of benzene rings is 3. The number of rotatable bonds is 5. The summed E-state index contributed by atoms with van der Waals surface area (Å²) in [4.78, 5) is 11.0. The molecule has 5 N–H and O–H groups in total. The van der Waals surface area contributed by atoms with E-state index in [1.54, 1.807) is 12.1 Å². The lowest BCUT2D eigenvalue weighted by molar-refractivity contribution is 0.0697. The first-order chi connectivity index (χ1) is 14.0. The van der Waals surface area contributed by atoms with Crippen LogP contribution < -0.4 is 11.6 Å². The summed E-state index contributed by atoms with van der Waals surface area (Å²) in [6.45, 7) is 0.738. The highest BCUT2D eigenvalue weighted by Crippen LogP contribution is 2.23. The molecule has 4 aromatic rings. The van der Waals surface area contributed by atoms with Gasteiger partial charge in [-0.15, -0.1) is 0 Å². The van der Waals surface area contributed by atoms with Gasteiger partial charge in [0.2, 0.25) is 0 Å². The summed E-state index contributed by atoms with van der Waals surface area (Å²) in [5, 5.41) is 13.6. The molecule has 0 atom stereocenters. The average Bonchev–Trinajstić information content (AvgIpc) is 3.15. The van der Waals surface area contributed by atoms with Gasteiger partial charge in [0.25, 0.3) is 0 Å². The van der Waals surface area contributed by atoms with E-state index in [0.29, 0.717) is 5.84 Å². The van der Waals surface area contributed by atoms with Crippen LogP contribution >= 0.6 is 0 Å². The van der Waals surface area contributed by atoms with E-state index in [2.05, 4.69) is 21.8 Å². The molecule has 0 aliphatic rings. The number of hydrogen-bond acceptors (Lipinski definition) is 3. The van der Waals surface area contributed by atoms with Crippen molar-refractivity contribution in [2.45, 2.75) is 6.54 Å². The number of hydrogen-bond donors (Lipinski definition) is 3. The molecular formula is C23H20N4O2. The normalized spacial score (nSPS) is 11.7. The predicted octanol–water partition coefficient (Wildman–Crippen LogP) is 3.63. The summed E-state index contributed by atoms with van der Waals surface area (Å²) >= 11 is 0. The van der Waals surface area contributed by atoms with Crippen LogP contribution in [0.3, 0.4) is 0 Å². The smallest absolute Gasteiger partial charge is 0.335 e. The van der Waals surface area contributed by atoms with Gasteiger partial charge < -0.3 is 21.2 Å². The minimum Gasteiger partial charge on any atom is -0.478 e. The molecule has 6 heteroatoms. The quantitative estimate of drug-likeness (QED) is 0.211. The minimum absolute atomic E-state index is 0.285. The topological polar surface area (TPSA) is 107 Å². The largest absolute Gasteiger partial charge is 0.478 e. The van der Waals surface area contributed by atoms with Gasteiger partial charge >= 0.3 is 5.97 Å². The summed E-state index contributed by atoms with van der Waals surface area (Å²) < 4.78 is 2.17. The molecule has 0 aliphatic heterocycles. The van der Waals surface area contributed by atoms with Gasteiger partial charge in [0.05, 0.1) is 5.56 Å². The summed E-state index contributed by atoms with van der Waals surface area (Å²) in [7, 11) is 0. The molecule has 0 unspecified atom stereocenters. The highest BCUT2D eigenvalue weighted by atomic mass is 16.4. The molecule has 1 aromatic heterocycles. The van der Waals surface area contributed by atoms with E-state index in [-0.39, 0.29) is 5.56 Å². The molecule has 0 spiro atoms. The zero-order valence-electron chi connectivity index (χ0n) is 15.6. The van der Waals surface area contributed by atoms with E-state index in [1.807, 2.05) is 54.7 Å². The second-order valence-electron chi connectivity index (χ2n) is 6.81. The van der Waals surface area contributed by atoms with Crippen LogP contribution in [-0.4, -0.2) is 21.5 Å². The number of hydrazone groups is 1. The molecule has 144 valence electrons. The van der Waals surface area contributed by atoms with Crippen LogP contribution in [0.5, 0.6) is 0 Å². The molecular weight excluding hydrogens is 364 g/mol. The molecule has 0 saturated carbocycles. The maximum atomic E-state index is 11.0. The molecule has 29 heavy (non-hydrogen) atoms. The molecule has 0 amide bonds. The van der Waals surface area contributed by atoms with Gasteiger partial charge in [-0.2, -0.15) is 5.10 Å². The number of carboxylic acid groups (broad SMARTS) is 1. The van der Waals surface area contributed by atoms with Crippen LogP contribution in [0.25, 0.3) is 22.0 Å². The molecule has 4 rings (SSSR count). The molecule has 0 bridgehead atoms. The maximum Gasteiger partial charge on any atom is 0.335 e. The van der Waals surface area contributed by atoms with Crippen molar-refractivity contribution in [3.63, 3.8) is 0 Å². The Morgan fingerprint density at radius 2 is 1.52 bits per heavy atom. The summed E-state index contributed by atoms with van der Waals surface area (Å²) in [5.41, 5.74) is 11.2. The first-order valence-corrected chi connectivity index (χ1v) is 9.10. The van der Waals surface area contributed by atoms with Gasteiger partial charge in [-0.05, 0) is 53.1 Å². The number of aromatic nitrogens is 1. The number of fused-ring (bicyclic) bond motifs is 1. The van der Waals surface area contributed by atoms with E-state index < -0.39 is 5.97 Å². The summed E-state index contributed by atoms with van der Waals surface area (Å²) in [6, 6.07) is 23.1. The lowest BCUT2D eigenvalue weighted by Gasteiger charge is -2.08. The monoisotopic (exact) mass is 384 g/mol. The van der Waals surface area contributed by atoms with Crippen LogP contribution in [0.1, 0.15) is 21.5 Å². The van der Waals surface area contributed by atoms with Crippen molar-refractivity contribution in [3.8, 4) is 11.1 Å². The Morgan fingerprint density at radius 3 is 2.14 bits per heavy atom. The van der Waals surface area contributed by atoms with E-state index in [1.165, 1.54) is 5.56 Å². The third kappa shape index (κ3) is 3.68. The van der Waals surface area contributed by atoms with E-state index in [0.717, 1.165) is 34.1 Å². The molecule has 0 aliphatic carbocycles. The van der Waals surface area contributed by atoms with Crippen LogP contribution in [-0.2, 0) is 6.54 Å². The number of nitrogens with two attached hydrogens (primary N) is 2. The zero-order valence-corrected chi connectivity index (χ0v) is 15.6. The summed E-state index contributed by atoms with van der Waals surface area (Å²) in [5.74, 6) is 4.65. The third-order valence-electron chi connectivity index (χ3n) is 4.98. The Labute approximate surface area is 167 Å². The van der Waals surface area contributed by atoms with Gasteiger partial charge in [0.1, 0.15) is 5.84 Å². The van der Waals surface area contributed by atoms with Crippen molar-refractivity contribution in [2.24, 2.45) is 16.7 Å². The Morgan fingerprint density at radius 1 is 0.897 bits per heavy atom. The molecule has 1 heterocycles. The lowest BCUT2D eigenvalue weighted by Crippen LogP contribution is -2.15. The SMILES string of the molecule is N/N=C(\N)c1ccc2c(ccn2Cc2ccc(-c3ccc(C(=O)O)cc3)cc2)c1. The molecule has 3 aromatic carbocycles. The molecule has 6 nitrogen and oxygen atoms in total. The fourth-order valence-corrected chi connectivity index (χ4v) is 3.38. The van der Waals surface area contributed by atoms with Gasteiger partial charge in [-0.3, -0.25) is 0 Å². The van der Waals surface area contributed by atoms with Crippen LogP contribution in [0.15, 0.2) is 84.1 Å². The highest BCUT2D eigenvalue weighted by molar-refractivity contribution is 6.00. The van der Waals surface area contributed by atoms with Crippen molar-refractivity contribution in [3.05, 3.63) is 95.7 Å². The minimum atomic E-state index is -0.920. The predicted molar refractivity (Wildman–Crippen MR) is 115 cm³/mol. The Kier molecular flexibility index (Phi) is 4.75. The van der Waals surface area contributed by atoms with Gasteiger partial charge in [0, 0.05) is 29.2 Å². The number of nitrogens with zero attached hydrogens (tertiary/aromatic N) is 2. The average molecular weight is 384 g/mol.